The Labute approximate surface area is 158 Å². The summed E-state index contributed by atoms with van der Waals surface area (Å²) in [5, 5.41) is 9.67. The van der Waals surface area contributed by atoms with Crippen LogP contribution in [0.15, 0.2) is 65.8 Å². The van der Waals surface area contributed by atoms with Crippen molar-refractivity contribution in [3.05, 3.63) is 60.7 Å². The second-order valence-corrected chi connectivity index (χ2v) is 7.48. The normalized spacial score (nSPS) is 14.6. The summed E-state index contributed by atoms with van der Waals surface area (Å²) in [6.45, 7) is 3.54. The van der Waals surface area contributed by atoms with Crippen LogP contribution in [0.3, 0.4) is 0 Å². The molecule has 1 aliphatic rings. The summed E-state index contributed by atoms with van der Waals surface area (Å²) >= 11 is 1.69. The molecular formula is C21H22N4S. The maximum atomic E-state index is 4.85. The molecule has 0 atom stereocenters. The van der Waals surface area contributed by atoms with Crippen LogP contribution >= 0.6 is 11.8 Å². The predicted octanol–water partition coefficient (Wildman–Crippen LogP) is 4.39. The highest BCUT2D eigenvalue weighted by Gasteiger charge is 2.15. The molecule has 132 valence electrons. The van der Waals surface area contributed by atoms with Gasteiger partial charge in [0.2, 0.25) is 5.16 Å². The number of hydrogen-bond donors (Lipinski definition) is 0. The fraction of sp³-hybridized carbons (Fsp3) is 0.286. The molecule has 0 radical (unpaired) electrons. The minimum Gasteiger partial charge on any atom is -0.303 e. The quantitative estimate of drug-likeness (QED) is 0.608. The van der Waals surface area contributed by atoms with Gasteiger partial charge in [0.15, 0.2) is 0 Å². The molecule has 1 fully saturated rings. The summed E-state index contributed by atoms with van der Waals surface area (Å²) in [5.74, 6) is 1.00. The summed E-state index contributed by atoms with van der Waals surface area (Å²) in [6, 6.07) is 20.4. The first-order chi connectivity index (χ1) is 12.9. The van der Waals surface area contributed by atoms with Crippen LogP contribution in [0.1, 0.15) is 12.8 Å². The van der Waals surface area contributed by atoms with Gasteiger partial charge in [0, 0.05) is 23.4 Å². The summed E-state index contributed by atoms with van der Waals surface area (Å²) in [5.41, 5.74) is 3.85. The third-order valence-electron chi connectivity index (χ3n) is 4.60. The third kappa shape index (κ3) is 4.11. The number of thioether (sulfide) groups is 1. The Morgan fingerprint density at radius 1 is 0.769 bits per heavy atom. The number of nitrogens with zero attached hydrogens (tertiary/aromatic N) is 4. The lowest BCUT2D eigenvalue weighted by Crippen LogP contribution is -2.22. The first-order valence-electron chi connectivity index (χ1n) is 9.11. The summed E-state index contributed by atoms with van der Waals surface area (Å²) in [4.78, 5) is 7.37. The van der Waals surface area contributed by atoms with Gasteiger partial charge in [-0.05, 0) is 25.9 Å². The van der Waals surface area contributed by atoms with Crippen molar-refractivity contribution in [2.45, 2.75) is 18.0 Å². The smallest absolute Gasteiger partial charge is 0.209 e. The van der Waals surface area contributed by atoms with Crippen LogP contribution in [0.2, 0.25) is 0 Å². The van der Waals surface area contributed by atoms with Gasteiger partial charge < -0.3 is 4.90 Å². The van der Waals surface area contributed by atoms with Crippen LogP contribution < -0.4 is 0 Å². The Hall–Kier alpha value is -2.24. The molecule has 4 rings (SSSR count). The van der Waals surface area contributed by atoms with Gasteiger partial charge in [-0.3, -0.25) is 0 Å². The lowest BCUT2D eigenvalue weighted by atomic mass is 10.0. The molecule has 0 bridgehead atoms. The molecule has 2 heterocycles. The summed E-state index contributed by atoms with van der Waals surface area (Å²) in [7, 11) is 0. The molecule has 0 amide bonds. The van der Waals surface area contributed by atoms with E-state index in [4.69, 9.17) is 4.98 Å². The van der Waals surface area contributed by atoms with Crippen molar-refractivity contribution in [2.75, 3.05) is 25.4 Å². The number of aromatic nitrogens is 3. The molecule has 26 heavy (non-hydrogen) atoms. The highest BCUT2D eigenvalue weighted by atomic mass is 32.2. The van der Waals surface area contributed by atoms with Crippen molar-refractivity contribution < 1.29 is 0 Å². The molecule has 4 nitrogen and oxygen atoms in total. The molecule has 2 aromatic carbocycles. The summed E-state index contributed by atoms with van der Waals surface area (Å²) in [6.07, 6.45) is 2.65. The molecule has 0 aliphatic carbocycles. The maximum Gasteiger partial charge on any atom is 0.209 e. The zero-order valence-corrected chi connectivity index (χ0v) is 15.5. The molecular weight excluding hydrogens is 340 g/mol. The first kappa shape index (κ1) is 17.2. The van der Waals surface area contributed by atoms with E-state index in [-0.39, 0.29) is 0 Å². The van der Waals surface area contributed by atoms with E-state index in [1.165, 1.54) is 25.9 Å². The van der Waals surface area contributed by atoms with Crippen molar-refractivity contribution >= 4 is 11.8 Å². The van der Waals surface area contributed by atoms with E-state index in [0.29, 0.717) is 0 Å². The van der Waals surface area contributed by atoms with Gasteiger partial charge in [-0.15, -0.1) is 10.2 Å². The topological polar surface area (TPSA) is 41.9 Å². The Kier molecular flexibility index (Phi) is 5.57. The minimum atomic E-state index is 0.753. The highest BCUT2D eigenvalue weighted by molar-refractivity contribution is 7.99. The number of rotatable bonds is 6. The molecule has 5 heteroatoms. The van der Waals surface area contributed by atoms with Crippen LogP contribution in [-0.4, -0.2) is 45.5 Å². The Morgan fingerprint density at radius 2 is 1.38 bits per heavy atom. The summed E-state index contributed by atoms with van der Waals surface area (Å²) < 4.78 is 0. The molecule has 0 saturated carbocycles. The highest BCUT2D eigenvalue weighted by Crippen LogP contribution is 2.29. The van der Waals surface area contributed by atoms with E-state index in [9.17, 15) is 0 Å². The average Bonchev–Trinajstić information content (AvgIpc) is 3.23. The SMILES string of the molecule is c1ccc(-c2nnc(SCCN3CCCC3)nc2-c2ccccc2)cc1. The molecule has 1 aromatic heterocycles. The number of hydrogen-bond acceptors (Lipinski definition) is 5. The third-order valence-corrected chi connectivity index (χ3v) is 5.42. The fourth-order valence-corrected chi connectivity index (χ4v) is 4.02. The van der Waals surface area contributed by atoms with Crippen molar-refractivity contribution in [3.63, 3.8) is 0 Å². The van der Waals surface area contributed by atoms with Gasteiger partial charge in [-0.25, -0.2) is 4.98 Å². The monoisotopic (exact) mass is 362 g/mol. The van der Waals surface area contributed by atoms with Crippen molar-refractivity contribution in [2.24, 2.45) is 0 Å². The van der Waals surface area contributed by atoms with Gasteiger partial charge in [0.05, 0.1) is 0 Å². The minimum absolute atomic E-state index is 0.753. The molecule has 0 N–H and O–H groups in total. The Bertz CT molecular complexity index is 833. The van der Waals surface area contributed by atoms with E-state index in [0.717, 1.165) is 40.0 Å². The van der Waals surface area contributed by atoms with Gasteiger partial charge >= 0.3 is 0 Å². The van der Waals surface area contributed by atoms with E-state index >= 15 is 0 Å². The van der Waals surface area contributed by atoms with Gasteiger partial charge in [-0.2, -0.15) is 0 Å². The predicted molar refractivity (Wildman–Crippen MR) is 107 cm³/mol. The standard InChI is InChI=1S/C21H22N4S/c1-3-9-17(10-4-1)19-20(18-11-5-2-6-12-18)23-24-21(22-19)26-16-15-25-13-7-8-14-25/h1-6,9-12H,7-8,13-16H2. The van der Waals surface area contributed by atoms with Crippen molar-refractivity contribution in [1.29, 1.82) is 0 Å². The first-order valence-corrected chi connectivity index (χ1v) is 10.1. The second kappa shape index (κ2) is 8.43. The van der Waals surface area contributed by atoms with E-state index in [2.05, 4.69) is 39.4 Å². The van der Waals surface area contributed by atoms with E-state index < -0.39 is 0 Å². The van der Waals surface area contributed by atoms with Crippen LogP contribution in [0.4, 0.5) is 0 Å². The maximum absolute atomic E-state index is 4.85. The largest absolute Gasteiger partial charge is 0.303 e. The second-order valence-electron chi connectivity index (χ2n) is 6.42. The lowest BCUT2D eigenvalue weighted by molar-refractivity contribution is 0.362. The lowest BCUT2D eigenvalue weighted by Gasteiger charge is -2.13. The van der Waals surface area contributed by atoms with Crippen LogP contribution in [0.25, 0.3) is 22.5 Å². The average molecular weight is 363 g/mol. The number of benzene rings is 2. The molecule has 3 aromatic rings. The van der Waals surface area contributed by atoms with Crippen LogP contribution in [0.5, 0.6) is 0 Å². The molecule has 1 aliphatic heterocycles. The van der Waals surface area contributed by atoms with Crippen LogP contribution in [-0.2, 0) is 0 Å². The zero-order valence-electron chi connectivity index (χ0n) is 14.7. The fourth-order valence-electron chi connectivity index (χ4n) is 3.23. The van der Waals surface area contributed by atoms with Crippen molar-refractivity contribution in [1.82, 2.24) is 20.1 Å². The van der Waals surface area contributed by atoms with Gasteiger partial charge in [-0.1, -0.05) is 72.4 Å². The van der Waals surface area contributed by atoms with Gasteiger partial charge in [0.25, 0.3) is 0 Å². The van der Waals surface area contributed by atoms with Crippen LogP contribution in [0, 0.1) is 0 Å². The molecule has 0 unspecified atom stereocenters. The van der Waals surface area contributed by atoms with E-state index in [1.54, 1.807) is 11.8 Å². The zero-order chi connectivity index (χ0) is 17.6. The molecule has 0 spiro atoms. The Balaban J connectivity index is 1.59. The van der Waals surface area contributed by atoms with E-state index in [1.807, 2.05) is 36.4 Å². The van der Waals surface area contributed by atoms with Crippen molar-refractivity contribution in [3.8, 4) is 22.5 Å². The Morgan fingerprint density at radius 3 is 2.04 bits per heavy atom. The van der Waals surface area contributed by atoms with Gasteiger partial charge in [0.1, 0.15) is 11.4 Å². The molecule has 1 saturated heterocycles. The number of likely N-dealkylation sites (tertiary alicyclic amines) is 1.